The van der Waals surface area contributed by atoms with E-state index in [0.29, 0.717) is 10.8 Å². The van der Waals surface area contributed by atoms with E-state index in [9.17, 15) is 4.79 Å². The van der Waals surface area contributed by atoms with Crippen LogP contribution in [0.15, 0.2) is 18.2 Å². The van der Waals surface area contributed by atoms with E-state index in [1.165, 1.54) is 0 Å². The Bertz CT molecular complexity index is 388. The molecule has 0 saturated carbocycles. The van der Waals surface area contributed by atoms with Crippen molar-refractivity contribution in [3.8, 4) is 17.6 Å². The smallest absolute Gasteiger partial charge is 0.135 e. The maximum absolute atomic E-state index is 10.0. The van der Waals surface area contributed by atoms with Gasteiger partial charge in [0.05, 0.1) is 19.1 Å². The minimum atomic E-state index is 0.228. The van der Waals surface area contributed by atoms with Gasteiger partial charge in [-0.25, -0.2) is 0 Å². The first-order chi connectivity index (χ1) is 6.77. The zero-order chi connectivity index (χ0) is 10.4. The lowest BCUT2D eigenvalue weighted by molar-refractivity contribution is -0.107. The molecule has 0 heterocycles. The Hall–Kier alpha value is -1.46. The number of rotatable bonds is 2. The molecule has 0 saturated heterocycles. The molecular formula is C11H9ClO2. The summed E-state index contributed by atoms with van der Waals surface area (Å²) in [6, 6.07) is 5.18. The van der Waals surface area contributed by atoms with Crippen LogP contribution in [0.25, 0.3) is 0 Å². The van der Waals surface area contributed by atoms with Crippen molar-refractivity contribution in [2.75, 3.05) is 7.11 Å². The number of hydrogen-bond donors (Lipinski definition) is 0. The second-order valence-electron chi connectivity index (χ2n) is 2.52. The summed E-state index contributed by atoms with van der Waals surface area (Å²) < 4.78 is 5.08. The third kappa shape index (κ3) is 2.79. The highest BCUT2D eigenvalue weighted by molar-refractivity contribution is 6.30. The van der Waals surface area contributed by atoms with Gasteiger partial charge in [0, 0.05) is 11.1 Å². The molecule has 0 amide bonds. The van der Waals surface area contributed by atoms with E-state index >= 15 is 0 Å². The van der Waals surface area contributed by atoms with Crippen LogP contribution in [0, 0.1) is 11.8 Å². The first kappa shape index (κ1) is 10.6. The van der Waals surface area contributed by atoms with E-state index in [-0.39, 0.29) is 6.42 Å². The molecule has 0 aromatic heterocycles. The van der Waals surface area contributed by atoms with Crippen LogP contribution in [-0.2, 0) is 4.79 Å². The summed E-state index contributed by atoms with van der Waals surface area (Å²) in [5.41, 5.74) is 0.735. The maximum atomic E-state index is 10.0. The van der Waals surface area contributed by atoms with Crippen LogP contribution in [0.2, 0.25) is 5.02 Å². The molecule has 0 aliphatic carbocycles. The monoisotopic (exact) mass is 208 g/mol. The molecule has 3 heteroatoms. The van der Waals surface area contributed by atoms with Crippen molar-refractivity contribution in [3.63, 3.8) is 0 Å². The van der Waals surface area contributed by atoms with E-state index in [1.807, 2.05) is 0 Å². The molecule has 0 atom stereocenters. The summed E-state index contributed by atoms with van der Waals surface area (Å²) >= 11 is 5.77. The van der Waals surface area contributed by atoms with Gasteiger partial charge in [-0.3, -0.25) is 0 Å². The number of halogens is 1. The van der Waals surface area contributed by atoms with Crippen LogP contribution in [-0.4, -0.2) is 13.4 Å². The van der Waals surface area contributed by atoms with E-state index in [2.05, 4.69) is 11.8 Å². The first-order valence-electron chi connectivity index (χ1n) is 4.04. The highest BCUT2D eigenvalue weighted by Crippen LogP contribution is 2.21. The topological polar surface area (TPSA) is 26.3 Å². The van der Waals surface area contributed by atoms with Gasteiger partial charge in [-0.15, -0.1) is 0 Å². The van der Waals surface area contributed by atoms with Crippen LogP contribution in [0.1, 0.15) is 12.0 Å². The van der Waals surface area contributed by atoms with Gasteiger partial charge < -0.3 is 9.53 Å². The van der Waals surface area contributed by atoms with Gasteiger partial charge in [-0.1, -0.05) is 23.4 Å². The second-order valence-corrected chi connectivity index (χ2v) is 2.95. The van der Waals surface area contributed by atoms with Gasteiger partial charge in [0.15, 0.2) is 0 Å². The van der Waals surface area contributed by atoms with Gasteiger partial charge in [-0.05, 0) is 12.1 Å². The van der Waals surface area contributed by atoms with E-state index < -0.39 is 0 Å². The standard InChI is InChI=1S/C11H9ClO2/c1-14-11-8-10(12)6-5-9(11)4-2-3-7-13/h5-8H,3H2,1H3. The van der Waals surface area contributed by atoms with Crippen molar-refractivity contribution in [1.29, 1.82) is 0 Å². The minimum absolute atomic E-state index is 0.228. The number of hydrogen-bond acceptors (Lipinski definition) is 2. The highest BCUT2D eigenvalue weighted by atomic mass is 35.5. The average Bonchev–Trinajstić information content (AvgIpc) is 2.20. The molecule has 0 N–H and O–H groups in total. The largest absolute Gasteiger partial charge is 0.495 e. The molecular weight excluding hydrogens is 200 g/mol. The molecule has 0 bridgehead atoms. The third-order valence-electron chi connectivity index (χ3n) is 1.57. The Kier molecular flexibility index (Phi) is 4.03. The summed E-state index contributed by atoms with van der Waals surface area (Å²) in [7, 11) is 1.55. The molecule has 0 spiro atoms. The SMILES string of the molecule is COc1cc(Cl)ccc1C#CCC=O. The molecule has 0 aliphatic heterocycles. The average molecular weight is 209 g/mol. The molecule has 1 aromatic rings. The van der Waals surface area contributed by atoms with Crippen molar-refractivity contribution < 1.29 is 9.53 Å². The van der Waals surface area contributed by atoms with Crippen molar-refractivity contribution in [2.24, 2.45) is 0 Å². The zero-order valence-electron chi connectivity index (χ0n) is 7.71. The first-order valence-corrected chi connectivity index (χ1v) is 4.41. The van der Waals surface area contributed by atoms with Crippen molar-refractivity contribution in [2.45, 2.75) is 6.42 Å². The highest BCUT2D eigenvalue weighted by Gasteiger charge is 1.99. The predicted molar refractivity (Wildman–Crippen MR) is 55.6 cm³/mol. The fraction of sp³-hybridized carbons (Fsp3) is 0.182. The number of aldehydes is 1. The predicted octanol–water partition coefficient (Wildman–Crippen LogP) is 2.29. The second kappa shape index (κ2) is 5.31. The molecule has 1 aromatic carbocycles. The number of ether oxygens (including phenoxy) is 1. The van der Waals surface area contributed by atoms with Gasteiger partial charge in [0.1, 0.15) is 12.0 Å². The summed E-state index contributed by atoms with van der Waals surface area (Å²) in [5, 5.41) is 0.600. The van der Waals surface area contributed by atoms with Crippen molar-refractivity contribution in [1.82, 2.24) is 0 Å². The normalized spacial score (nSPS) is 8.71. The minimum Gasteiger partial charge on any atom is -0.495 e. The summed E-state index contributed by atoms with van der Waals surface area (Å²) in [5.74, 6) is 6.15. The zero-order valence-corrected chi connectivity index (χ0v) is 8.47. The molecule has 14 heavy (non-hydrogen) atoms. The van der Waals surface area contributed by atoms with Gasteiger partial charge in [-0.2, -0.15) is 0 Å². The van der Waals surface area contributed by atoms with Crippen LogP contribution in [0.3, 0.4) is 0 Å². The summed E-state index contributed by atoms with van der Waals surface area (Å²) in [4.78, 5) is 10.0. The molecule has 0 unspecified atom stereocenters. The maximum Gasteiger partial charge on any atom is 0.135 e. The van der Waals surface area contributed by atoms with Gasteiger partial charge in [0.25, 0.3) is 0 Å². The van der Waals surface area contributed by atoms with Gasteiger partial charge in [0.2, 0.25) is 0 Å². The summed E-state index contributed by atoms with van der Waals surface area (Å²) in [6.07, 6.45) is 0.987. The molecule has 1 rings (SSSR count). The molecule has 0 aliphatic rings. The third-order valence-corrected chi connectivity index (χ3v) is 1.81. The van der Waals surface area contributed by atoms with Crippen molar-refractivity contribution in [3.05, 3.63) is 28.8 Å². The Labute approximate surface area is 87.8 Å². The number of carbonyl (C=O) groups excluding carboxylic acids is 1. The molecule has 72 valence electrons. The fourth-order valence-electron chi connectivity index (χ4n) is 0.956. The van der Waals surface area contributed by atoms with Crippen LogP contribution in [0.5, 0.6) is 5.75 Å². The quantitative estimate of drug-likeness (QED) is 0.551. The van der Waals surface area contributed by atoms with Crippen LogP contribution >= 0.6 is 11.6 Å². The lowest BCUT2D eigenvalue weighted by Gasteiger charge is -2.02. The summed E-state index contributed by atoms with van der Waals surface area (Å²) in [6.45, 7) is 0. The van der Waals surface area contributed by atoms with Crippen molar-refractivity contribution >= 4 is 17.9 Å². The Morgan fingerprint density at radius 3 is 3.00 bits per heavy atom. The van der Waals surface area contributed by atoms with E-state index in [1.54, 1.807) is 25.3 Å². The molecule has 2 nitrogen and oxygen atoms in total. The van der Waals surface area contributed by atoms with Crippen LogP contribution in [0.4, 0.5) is 0 Å². The van der Waals surface area contributed by atoms with Gasteiger partial charge >= 0.3 is 0 Å². The molecule has 0 fully saturated rings. The van der Waals surface area contributed by atoms with E-state index in [4.69, 9.17) is 16.3 Å². The number of benzene rings is 1. The van der Waals surface area contributed by atoms with Crippen LogP contribution < -0.4 is 4.74 Å². The Morgan fingerprint density at radius 1 is 1.57 bits per heavy atom. The van der Waals surface area contributed by atoms with E-state index in [0.717, 1.165) is 11.8 Å². The lowest BCUT2D eigenvalue weighted by Crippen LogP contribution is -1.87. The lowest BCUT2D eigenvalue weighted by atomic mass is 10.2. The Morgan fingerprint density at radius 2 is 2.36 bits per heavy atom. The number of methoxy groups -OCH3 is 1. The fourth-order valence-corrected chi connectivity index (χ4v) is 1.12. The Balaban J connectivity index is 2.97. The molecule has 0 radical (unpaired) electrons. The number of carbonyl (C=O) groups is 1.